The molecule has 1 aromatic heterocycles. The van der Waals surface area contributed by atoms with E-state index in [-0.39, 0.29) is 30.3 Å². The van der Waals surface area contributed by atoms with Gasteiger partial charge in [-0.15, -0.1) is 0 Å². The van der Waals surface area contributed by atoms with Crippen LogP contribution in [0.25, 0.3) is 11.0 Å². The molecule has 0 spiro atoms. The molecule has 1 unspecified atom stereocenters. The van der Waals surface area contributed by atoms with E-state index in [1.54, 1.807) is 11.6 Å². The Morgan fingerprint density at radius 2 is 1.79 bits per heavy atom. The van der Waals surface area contributed by atoms with Crippen LogP contribution in [-0.2, 0) is 27.8 Å². The average molecular weight is 457 g/mol. The van der Waals surface area contributed by atoms with Gasteiger partial charge in [-0.05, 0) is 56.8 Å². The van der Waals surface area contributed by atoms with Gasteiger partial charge in [0, 0.05) is 20.1 Å². The van der Waals surface area contributed by atoms with Crippen LogP contribution in [0.4, 0.5) is 0 Å². The maximum atomic E-state index is 13.0. The summed E-state index contributed by atoms with van der Waals surface area (Å²) < 4.78 is 9.09. The van der Waals surface area contributed by atoms with Crippen molar-refractivity contribution in [1.29, 1.82) is 0 Å². The molecule has 0 saturated carbocycles. The van der Waals surface area contributed by atoms with Crippen LogP contribution in [0, 0.1) is 0 Å². The van der Waals surface area contributed by atoms with Crippen molar-refractivity contribution in [3.8, 4) is 0 Å². The predicted molar refractivity (Wildman–Crippen MR) is 127 cm³/mol. The second-order valence-electron chi connectivity index (χ2n) is 9.31. The summed E-state index contributed by atoms with van der Waals surface area (Å²) in [6.45, 7) is 3.04. The summed E-state index contributed by atoms with van der Waals surface area (Å²) in [5.41, 5.74) is 2.46. The largest absolute Gasteiger partial charge is 0.378 e. The minimum Gasteiger partial charge on any atom is -0.378 e. The topological polar surface area (TPSA) is 94.4 Å². The van der Waals surface area contributed by atoms with Crippen LogP contribution in [0.1, 0.15) is 63.0 Å². The number of ketones is 1. The number of nitrogens with zero attached hydrogens (tertiary/aromatic N) is 2. The molecule has 8 heteroatoms. The zero-order valence-electron chi connectivity index (χ0n) is 19.6. The number of carbonyl (C=O) groups is 2. The molecule has 0 radical (unpaired) electrons. The second kappa shape index (κ2) is 11.1. The summed E-state index contributed by atoms with van der Waals surface area (Å²) in [4.78, 5) is 37.3. The van der Waals surface area contributed by atoms with E-state index in [4.69, 9.17) is 4.74 Å². The van der Waals surface area contributed by atoms with E-state index in [0.717, 1.165) is 74.8 Å². The van der Waals surface area contributed by atoms with E-state index in [1.165, 1.54) is 17.4 Å². The summed E-state index contributed by atoms with van der Waals surface area (Å²) in [7, 11) is 1.75. The fourth-order valence-corrected chi connectivity index (χ4v) is 5.08. The number of aryl methyl sites for hydroxylation is 2. The molecule has 1 atom stereocenters. The number of unbranched alkanes of at least 4 members (excludes halogenated alkanes) is 4. The first-order valence-electron chi connectivity index (χ1n) is 12.4. The van der Waals surface area contributed by atoms with E-state index < -0.39 is 6.04 Å². The molecule has 1 amide bonds. The lowest BCUT2D eigenvalue weighted by Gasteiger charge is -2.22. The number of fused-ring (bicyclic) bond motifs is 1. The van der Waals surface area contributed by atoms with Gasteiger partial charge in [0.2, 0.25) is 5.91 Å². The van der Waals surface area contributed by atoms with Gasteiger partial charge in [-0.1, -0.05) is 31.4 Å². The number of Topliss-reactive ketones (excluding diaryl/α,β-unsaturated/α-hetero) is 1. The van der Waals surface area contributed by atoms with Gasteiger partial charge in [-0.2, -0.15) is 0 Å². The predicted octanol–water partition coefficient (Wildman–Crippen LogP) is 2.23. The van der Waals surface area contributed by atoms with E-state index in [9.17, 15) is 14.4 Å². The minimum atomic E-state index is -0.773. The van der Waals surface area contributed by atoms with Gasteiger partial charge >= 0.3 is 5.69 Å². The van der Waals surface area contributed by atoms with Gasteiger partial charge in [0.05, 0.1) is 23.7 Å². The zero-order chi connectivity index (χ0) is 23.2. The Morgan fingerprint density at radius 3 is 2.61 bits per heavy atom. The van der Waals surface area contributed by atoms with Crippen LogP contribution in [0.5, 0.6) is 0 Å². The Hall–Kier alpha value is -2.45. The van der Waals surface area contributed by atoms with Crippen LogP contribution in [0.15, 0.2) is 23.0 Å². The van der Waals surface area contributed by atoms with Gasteiger partial charge in [0.1, 0.15) is 6.04 Å². The molecule has 3 heterocycles. The Bertz CT molecular complexity index is 1030. The number of hydrogen-bond acceptors (Lipinski definition) is 5. The minimum absolute atomic E-state index is 0.0459. The third-order valence-electron chi connectivity index (χ3n) is 6.91. The summed E-state index contributed by atoms with van der Waals surface area (Å²) in [5, 5.41) is 5.97. The highest BCUT2D eigenvalue weighted by molar-refractivity contribution is 5.96. The van der Waals surface area contributed by atoms with Crippen molar-refractivity contribution in [3.63, 3.8) is 0 Å². The van der Waals surface area contributed by atoms with Crippen LogP contribution in [-0.4, -0.2) is 53.2 Å². The van der Waals surface area contributed by atoms with Crippen molar-refractivity contribution in [3.05, 3.63) is 34.2 Å². The third kappa shape index (κ3) is 5.55. The molecule has 2 aromatic rings. The smallest absolute Gasteiger partial charge is 0.329 e. The van der Waals surface area contributed by atoms with Gasteiger partial charge in [-0.3, -0.25) is 18.7 Å². The number of benzene rings is 1. The molecular weight excluding hydrogens is 420 g/mol. The highest BCUT2D eigenvalue weighted by Gasteiger charge is 2.32. The molecule has 8 nitrogen and oxygen atoms in total. The summed E-state index contributed by atoms with van der Waals surface area (Å²) in [6, 6.07) is 5.10. The van der Waals surface area contributed by atoms with Crippen LogP contribution in [0.2, 0.25) is 0 Å². The standard InChI is InChI=1S/C25H36N4O4/c1-28-23-18(8-5-3-2-4-6-15-33-20-11-13-26-14-12-20)9-7-10-21(23)29(25(28)32)22-16-19(30)17-27-24(22)31/h7,9-10,20,22,26H,2-6,8,11-17H2,1H3,(H,27,31). The van der Waals surface area contributed by atoms with Gasteiger partial charge < -0.3 is 15.4 Å². The number of para-hydroxylation sites is 1. The van der Waals surface area contributed by atoms with Gasteiger partial charge in [0.25, 0.3) is 0 Å². The normalized spacial score (nSPS) is 19.8. The summed E-state index contributed by atoms with van der Waals surface area (Å²) in [5.74, 6) is -0.320. The number of imidazole rings is 1. The molecule has 4 rings (SSSR count). The van der Waals surface area contributed by atoms with Crippen molar-refractivity contribution >= 4 is 22.7 Å². The highest BCUT2D eigenvalue weighted by Crippen LogP contribution is 2.25. The maximum absolute atomic E-state index is 13.0. The quantitative estimate of drug-likeness (QED) is 0.535. The third-order valence-corrected chi connectivity index (χ3v) is 6.91. The van der Waals surface area contributed by atoms with Gasteiger partial charge in [0.15, 0.2) is 5.78 Å². The molecule has 2 fully saturated rings. The SMILES string of the molecule is Cn1c(=O)n(C2CC(=O)CNC2=O)c2cccc(CCCCCCCOC3CCNCC3)c21. The lowest BCUT2D eigenvalue weighted by molar-refractivity contribution is -0.133. The molecule has 2 aliphatic heterocycles. The number of ether oxygens (including phenoxy) is 1. The Labute approximate surface area is 194 Å². The van der Waals surface area contributed by atoms with Crippen LogP contribution >= 0.6 is 0 Å². The lowest BCUT2D eigenvalue weighted by Crippen LogP contribution is -2.45. The second-order valence-corrected chi connectivity index (χ2v) is 9.31. The summed E-state index contributed by atoms with van der Waals surface area (Å²) in [6.07, 6.45) is 9.28. The molecule has 2 aliphatic rings. The molecular formula is C25H36N4O4. The Morgan fingerprint density at radius 1 is 1.03 bits per heavy atom. The number of rotatable bonds is 10. The molecule has 0 aliphatic carbocycles. The number of piperidine rings is 2. The number of aromatic nitrogens is 2. The first-order chi connectivity index (χ1) is 16.1. The number of amides is 1. The zero-order valence-corrected chi connectivity index (χ0v) is 19.6. The first-order valence-corrected chi connectivity index (χ1v) is 12.4. The fraction of sp³-hybridized carbons (Fsp3) is 0.640. The van der Waals surface area contributed by atoms with E-state index in [0.29, 0.717) is 6.10 Å². The lowest BCUT2D eigenvalue weighted by atomic mass is 10.0. The van der Waals surface area contributed by atoms with Crippen molar-refractivity contribution < 1.29 is 14.3 Å². The number of nitrogens with one attached hydrogen (secondary N) is 2. The summed E-state index contributed by atoms with van der Waals surface area (Å²) >= 11 is 0. The average Bonchev–Trinajstić information content (AvgIpc) is 3.08. The highest BCUT2D eigenvalue weighted by atomic mass is 16.5. The Balaban J connectivity index is 1.31. The number of carbonyl (C=O) groups excluding carboxylic acids is 2. The first kappa shape index (κ1) is 23.7. The Kier molecular flexibility index (Phi) is 7.98. The number of hydrogen-bond donors (Lipinski definition) is 2. The molecule has 2 N–H and O–H groups in total. The van der Waals surface area contributed by atoms with E-state index >= 15 is 0 Å². The van der Waals surface area contributed by atoms with Crippen LogP contribution < -0.4 is 16.3 Å². The molecule has 2 saturated heterocycles. The van der Waals surface area contributed by atoms with Crippen molar-refractivity contribution in [1.82, 2.24) is 19.8 Å². The monoisotopic (exact) mass is 456 g/mol. The van der Waals surface area contributed by atoms with Crippen molar-refractivity contribution in [2.75, 3.05) is 26.2 Å². The van der Waals surface area contributed by atoms with Crippen LogP contribution in [0.3, 0.4) is 0 Å². The fourth-order valence-electron chi connectivity index (χ4n) is 5.08. The maximum Gasteiger partial charge on any atom is 0.329 e. The molecule has 33 heavy (non-hydrogen) atoms. The van der Waals surface area contributed by atoms with Gasteiger partial charge in [-0.25, -0.2) is 4.79 Å². The van der Waals surface area contributed by atoms with Crippen molar-refractivity contribution in [2.45, 2.75) is 69.9 Å². The van der Waals surface area contributed by atoms with E-state index in [2.05, 4.69) is 16.7 Å². The molecule has 1 aromatic carbocycles. The van der Waals surface area contributed by atoms with E-state index in [1.807, 2.05) is 12.1 Å². The molecule has 180 valence electrons. The molecule has 0 bridgehead atoms. The van der Waals surface area contributed by atoms with Crippen molar-refractivity contribution in [2.24, 2.45) is 7.05 Å².